The maximum Gasteiger partial charge on any atom is 0.0468 e. The molecule has 0 aromatic heterocycles. The Balaban J connectivity index is 1.57. The summed E-state index contributed by atoms with van der Waals surface area (Å²) in [7, 11) is 2.14. The van der Waals surface area contributed by atoms with Gasteiger partial charge in [-0.25, -0.2) is 0 Å². The first-order valence-electron chi connectivity index (χ1n) is 7.58. The van der Waals surface area contributed by atoms with Gasteiger partial charge in [0.2, 0.25) is 0 Å². The van der Waals surface area contributed by atoms with Gasteiger partial charge in [0.05, 0.1) is 0 Å². The molecule has 4 nitrogen and oxygen atoms in total. The molecule has 0 aromatic carbocycles. The van der Waals surface area contributed by atoms with Crippen LogP contribution in [0.4, 0.5) is 0 Å². The van der Waals surface area contributed by atoms with E-state index in [0.29, 0.717) is 6.04 Å². The van der Waals surface area contributed by atoms with Crippen LogP contribution in [0, 0.1) is 5.92 Å². The van der Waals surface area contributed by atoms with E-state index in [9.17, 15) is 0 Å². The van der Waals surface area contributed by atoms with E-state index in [1.165, 1.54) is 52.0 Å². The molecule has 0 saturated carbocycles. The second-order valence-corrected chi connectivity index (χ2v) is 6.09. The maximum absolute atomic E-state index is 5.47. The minimum absolute atomic E-state index is 0.663. The molecule has 0 radical (unpaired) electrons. The Hall–Kier alpha value is -0.160. The molecule has 2 unspecified atom stereocenters. The molecule has 4 rings (SSSR count). The summed E-state index contributed by atoms with van der Waals surface area (Å²) < 4.78 is 5.47. The Labute approximate surface area is 111 Å². The van der Waals surface area contributed by atoms with E-state index in [0.717, 1.165) is 25.2 Å². The van der Waals surface area contributed by atoms with Crippen LogP contribution in [0.3, 0.4) is 0 Å². The predicted octanol–water partition coefficient (Wildman–Crippen LogP) is 0.391. The first-order valence-corrected chi connectivity index (χ1v) is 7.58. The third kappa shape index (κ3) is 2.72. The number of hydrogen-bond donors (Lipinski definition) is 1. The molecule has 4 aliphatic heterocycles. The summed E-state index contributed by atoms with van der Waals surface area (Å²) in [5.74, 6) is 0.868. The van der Waals surface area contributed by atoms with E-state index >= 15 is 0 Å². The van der Waals surface area contributed by atoms with Gasteiger partial charge in [-0.05, 0) is 32.2 Å². The highest BCUT2D eigenvalue weighted by Gasteiger charge is 2.36. The summed E-state index contributed by atoms with van der Waals surface area (Å²) in [5.41, 5.74) is 0. The Kier molecular flexibility index (Phi) is 4.19. The molecule has 0 spiro atoms. The highest BCUT2D eigenvalue weighted by molar-refractivity contribution is 4.95. The van der Waals surface area contributed by atoms with Crippen molar-refractivity contribution in [3.05, 3.63) is 0 Å². The number of nitrogens with one attached hydrogen (secondary N) is 1. The zero-order valence-electron chi connectivity index (χ0n) is 11.6. The van der Waals surface area contributed by atoms with Crippen molar-refractivity contribution in [2.75, 3.05) is 53.0 Å². The quantitative estimate of drug-likeness (QED) is 0.784. The van der Waals surface area contributed by atoms with Gasteiger partial charge >= 0.3 is 0 Å². The molecule has 18 heavy (non-hydrogen) atoms. The lowest BCUT2D eigenvalue weighted by atomic mass is 9.87. The first-order chi connectivity index (χ1) is 8.86. The lowest BCUT2D eigenvalue weighted by Gasteiger charge is -2.50. The van der Waals surface area contributed by atoms with E-state index in [4.69, 9.17) is 4.74 Å². The highest BCUT2D eigenvalue weighted by Crippen LogP contribution is 2.25. The van der Waals surface area contributed by atoms with Crippen molar-refractivity contribution in [1.82, 2.24) is 15.1 Å². The van der Waals surface area contributed by atoms with Crippen molar-refractivity contribution >= 4 is 0 Å². The smallest absolute Gasteiger partial charge is 0.0468 e. The third-order valence-corrected chi connectivity index (χ3v) is 5.08. The molecule has 0 aliphatic carbocycles. The normalized spacial score (nSPS) is 38.8. The van der Waals surface area contributed by atoms with Crippen LogP contribution in [0.5, 0.6) is 0 Å². The summed E-state index contributed by atoms with van der Waals surface area (Å²) in [6.07, 6.45) is 3.85. The van der Waals surface area contributed by atoms with Crippen molar-refractivity contribution < 1.29 is 4.74 Å². The van der Waals surface area contributed by atoms with Gasteiger partial charge in [-0.1, -0.05) is 0 Å². The van der Waals surface area contributed by atoms with Crippen LogP contribution in [0.15, 0.2) is 0 Å². The number of likely N-dealkylation sites (N-methyl/N-ethyl adjacent to an activating group) is 1. The minimum atomic E-state index is 0.663. The summed E-state index contributed by atoms with van der Waals surface area (Å²) in [5, 5.41) is 3.59. The third-order valence-electron chi connectivity index (χ3n) is 5.08. The number of fused-ring (bicyclic) bond motifs is 3. The zero-order chi connectivity index (χ0) is 12.4. The molecule has 4 aliphatic rings. The highest BCUT2D eigenvalue weighted by atomic mass is 16.5. The maximum atomic E-state index is 5.47. The van der Waals surface area contributed by atoms with Gasteiger partial charge in [-0.15, -0.1) is 0 Å². The van der Waals surface area contributed by atoms with Crippen molar-refractivity contribution in [3.8, 4) is 0 Å². The summed E-state index contributed by atoms with van der Waals surface area (Å²) in [6, 6.07) is 1.40. The molecular formula is C14H27N3O. The second-order valence-electron chi connectivity index (χ2n) is 6.09. The molecule has 4 fully saturated rings. The van der Waals surface area contributed by atoms with E-state index in [-0.39, 0.29) is 0 Å². The van der Waals surface area contributed by atoms with Crippen LogP contribution < -0.4 is 5.32 Å². The van der Waals surface area contributed by atoms with Gasteiger partial charge in [-0.2, -0.15) is 0 Å². The fraction of sp³-hybridized carbons (Fsp3) is 1.00. The molecule has 2 bridgehead atoms. The first kappa shape index (κ1) is 12.9. The number of ether oxygens (including phenoxy) is 1. The Bertz CT molecular complexity index is 260. The van der Waals surface area contributed by atoms with Crippen LogP contribution in [0.2, 0.25) is 0 Å². The summed E-state index contributed by atoms with van der Waals surface area (Å²) in [4.78, 5) is 5.35. The SMILES string of the molecule is CNC(CC1CCOCC1)C1CN2CCN1CC2. The van der Waals surface area contributed by atoms with Gasteiger partial charge in [-0.3, -0.25) is 9.80 Å². The van der Waals surface area contributed by atoms with Crippen molar-refractivity contribution in [3.63, 3.8) is 0 Å². The van der Waals surface area contributed by atoms with Gasteiger partial charge in [0.1, 0.15) is 0 Å². The van der Waals surface area contributed by atoms with Crippen LogP contribution >= 0.6 is 0 Å². The monoisotopic (exact) mass is 253 g/mol. The molecule has 1 N–H and O–H groups in total. The second kappa shape index (κ2) is 5.87. The van der Waals surface area contributed by atoms with Gasteiger partial charge in [0, 0.05) is 58.0 Å². The molecule has 4 heterocycles. The van der Waals surface area contributed by atoms with E-state index in [1.54, 1.807) is 0 Å². The Morgan fingerprint density at radius 2 is 1.89 bits per heavy atom. The molecule has 0 aromatic rings. The van der Waals surface area contributed by atoms with Crippen molar-refractivity contribution in [2.24, 2.45) is 5.92 Å². The van der Waals surface area contributed by atoms with Crippen LogP contribution in [0.1, 0.15) is 19.3 Å². The lowest BCUT2D eigenvalue weighted by molar-refractivity contribution is -0.0107. The van der Waals surface area contributed by atoms with Gasteiger partial charge in [0.15, 0.2) is 0 Å². The molecular weight excluding hydrogens is 226 g/mol. The number of rotatable bonds is 4. The molecule has 4 heteroatoms. The fourth-order valence-electron chi connectivity index (χ4n) is 3.85. The fourth-order valence-corrected chi connectivity index (χ4v) is 3.85. The number of hydrogen-bond acceptors (Lipinski definition) is 4. The Morgan fingerprint density at radius 1 is 1.17 bits per heavy atom. The van der Waals surface area contributed by atoms with Crippen molar-refractivity contribution in [1.29, 1.82) is 0 Å². The molecule has 2 atom stereocenters. The van der Waals surface area contributed by atoms with E-state index in [1.807, 2.05) is 0 Å². The predicted molar refractivity (Wildman–Crippen MR) is 72.8 cm³/mol. The molecule has 104 valence electrons. The lowest BCUT2D eigenvalue weighted by Crippen LogP contribution is -2.66. The van der Waals surface area contributed by atoms with E-state index < -0.39 is 0 Å². The van der Waals surface area contributed by atoms with E-state index in [2.05, 4.69) is 22.2 Å². The van der Waals surface area contributed by atoms with Gasteiger partial charge in [0.25, 0.3) is 0 Å². The van der Waals surface area contributed by atoms with Crippen LogP contribution in [-0.4, -0.2) is 74.9 Å². The molecule has 4 saturated heterocycles. The van der Waals surface area contributed by atoms with Gasteiger partial charge < -0.3 is 10.1 Å². The topological polar surface area (TPSA) is 27.7 Å². The Morgan fingerprint density at radius 3 is 2.44 bits per heavy atom. The standard InChI is InChI=1S/C14H27N3O/c1-15-13(10-12-2-8-18-9-3-12)14-11-16-4-6-17(14)7-5-16/h12-15H,2-11H2,1H3. The van der Waals surface area contributed by atoms with Crippen LogP contribution in [-0.2, 0) is 4.74 Å². The largest absolute Gasteiger partial charge is 0.381 e. The number of piperazine rings is 3. The average molecular weight is 253 g/mol. The zero-order valence-corrected chi connectivity index (χ0v) is 11.6. The number of nitrogens with zero attached hydrogens (tertiary/aromatic N) is 2. The summed E-state index contributed by atoms with van der Waals surface area (Å²) in [6.45, 7) is 8.33. The minimum Gasteiger partial charge on any atom is -0.381 e. The van der Waals surface area contributed by atoms with Crippen molar-refractivity contribution in [2.45, 2.75) is 31.3 Å². The molecule has 0 amide bonds. The van der Waals surface area contributed by atoms with Crippen LogP contribution in [0.25, 0.3) is 0 Å². The average Bonchev–Trinajstić information content (AvgIpc) is 2.47. The summed E-state index contributed by atoms with van der Waals surface area (Å²) >= 11 is 0.